The first-order valence-electron chi connectivity index (χ1n) is 7.06. The molecule has 4 heteroatoms. The first-order valence-corrected chi connectivity index (χ1v) is 7.85. The fourth-order valence-electron chi connectivity index (χ4n) is 2.67. The molecule has 0 aliphatic carbocycles. The molecule has 2 rings (SSSR count). The Morgan fingerprint density at radius 2 is 2.00 bits per heavy atom. The van der Waals surface area contributed by atoms with Crippen LogP contribution < -0.4 is 4.74 Å². The maximum absolute atomic E-state index is 12.6. The third-order valence-corrected chi connectivity index (χ3v) is 4.78. The van der Waals surface area contributed by atoms with Crippen molar-refractivity contribution in [3.8, 4) is 5.75 Å². The van der Waals surface area contributed by atoms with Crippen LogP contribution in [0.25, 0.3) is 0 Å². The van der Waals surface area contributed by atoms with Crippen LogP contribution in [-0.4, -0.2) is 36.4 Å². The van der Waals surface area contributed by atoms with Crippen molar-refractivity contribution in [1.29, 1.82) is 0 Å². The molecule has 0 aromatic heterocycles. The molecule has 0 spiro atoms. The summed E-state index contributed by atoms with van der Waals surface area (Å²) in [5.41, 5.74) is 0.651. The highest BCUT2D eigenvalue weighted by Crippen LogP contribution is 2.28. The number of ketones is 1. The topological polar surface area (TPSA) is 29.5 Å². The summed E-state index contributed by atoms with van der Waals surface area (Å²) >= 11 is 3.47. The number of rotatable bonds is 5. The Balaban J connectivity index is 2.08. The zero-order chi connectivity index (χ0) is 14.8. The normalized spacial score (nSPS) is 16.4. The van der Waals surface area contributed by atoms with E-state index in [9.17, 15) is 4.79 Å². The summed E-state index contributed by atoms with van der Waals surface area (Å²) < 4.78 is 6.11. The SMILES string of the molecule is COc1ccc(CC(=O)C(C)(C)N2CCCC2)cc1Br. The number of methoxy groups -OCH3 is 1. The second-order valence-corrected chi connectivity index (χ2v) is 6.68. The van der Waals surface area contributed by atoms with Crippen LogP contribution >= 0.6 is 15.9 Å². The van der Waals surface area contributed by atoms with Crippen molar-refractivity contribution in [2.45, 2.75) is 38.6 Å². The maximum atomic E-state index is 12.6. The highest BCUT2D eigenvalue weighted by molar-refractivity contribution is 9.10. The molecule has 1 aromatic carbocycles. The number of likely N-dealkylation sites (tertiary alicyclic amines) is 1. The molecular weight excluding hydrogens is 318 g/mol. The number of Topliss-reactive ketones (excluding diaryl/α,β-unsaturated/α-hetero) is 1. The second kappa shape index (κ2) is 6.27. The minimum absolute atomic E-state index is 0.275. The molecule has 0 amide bonds. The molecule has 0 bridgehead atoms. The summed E-state index contributed by atoms with van der Waals surface area (Å²) in [5, 5.41) is 0. The Bertz CT molecular complexity index is 493. The van der Waals surface area contributed by atoms with Gasteiger partial charge in [-0.3, -0.25) is 9.69 Å². The standard InChI is InChI=1S/C16H22BrNO2/c1-16(2,18-8-4-5-9-18)15(19)11-12-6-7-14(20-3)13(17)10-12/h6-7,10H,4-5,8-9,11H2,1-3H3. The highest BCUT2D eigenvalue weighted by atomic mass is 79.9. The van der Waals surface area contributed by atoms with Gasteiger partial charge in [0, 0.05) is 6.42 Å². The number of benzene rings is 1. The Labute approximate surface area is 129 Å². The molecule has 1 fully saturated rings. The third-order valence-electron chi connectivity index (χ3n) is 4.16. The minimum atomic E-state index is -0.372. The van der Waals surface area contributed by atoms with Crippen LogP contribution in [0.3, 0.4) is 0 Å². The van der Waals surface area contributed by atoms with Gasteiger partial charge in [-0.1, -0.05) is 6.07 Å². The van der Waals surface area contributed by atoms with Crippen LogP contribution in [0.4, 0.5) is 0 Å². The van der Waals surface area contributed by atoms with Crippen LogP contribution in [-0.2, 0) is 11.2 Å². The third kappa shape index (κ3) is 3.23. The van der Waals surface area contributed by atoms with Crippen molar-refractivity contribution < 1.29 is 9.53 Å². The van der Waals surface area contributed by atoms with Gasteiger partial charge in [0.05, 0.1) is 17.1 Å². The predicted octanol–water partition coefficient (Wildman–Crippen LogP) is 3.44. The largest absolute Gasteiger partial charge is 0.496 e. The Kier molecular flexibility index (Phi) is 4.86. The average Bonchev–Trinajstić information content (AvgIpc) is 2.93. The zero-order valence-corrected chi connectivity index (χ0v) is 14.0. The van der Waals surface area contributed by atoms with Crippen LogP contribution in [0.5, 0.6) is 5.75 Å². The summed E-state index contributed by atoms with van der Waals surface area (Å²) in [4.78, 5) is 14.9. The van der Waals surface area contributed by atoms with Crippen LogP contribution in [0.2, 0.25) is 0 Å². The monoisotopic (exact) mass is 339 g/mol. The highest BCUT2D eigenvalue weighted by Gasteiger charge is 2.35. The van der Waals surface area contributed by atoms with Crippen molar-refractivity contribution in [2.75, 3.05) is 20.2 Å². The lowest BCUT2D eigenvalue weighted by molar-refractivity contribution is -0.128. The van der Waals surface area contributed by atoms with Gasteiger partial charge in [0.2, 0.25) is 0 Å². The smallest absolute Gasteiger partial charge is 0.156 e. The van der Waals surface area contributed by atoms with E-state index in [1.165, 1.54) is 12.8 Å². The van der Waals surface area contributed by atoms with Crippen LogP contribution in [0.1, 0.15) is 32.3 Å². The molecule has 0 saturated carbocycles. The van der Waals surface area contributed by atoms with Crippen molar-refractivity contribution >= 4 is 21.7 Å². The van der Waals surface area contributed by atoms with Gasteiger partial charge in [0.1, 0.15) is 5.75 Å². The molecule has 0 N–H and O–H groups in total. The van der Waals surface area contributed by atoms with Crippen LogP contribution in [0, 0.1) is 0 Å². The Morgan fingerprint density at radius 1 is 1.35 bits per heavy atom. The number of nitrogens with zero attached hydrogens (tertiary/aromatic N) is 1. The first-order chi connectivity index (χ1) is 9.45. The molecule has 0 radical (unpaired) electrons. The van der Waals surface area contributed by atoms with Gasteiger partial charge in [-0.25, -0.2) is 0 Å². The molecule has 3 nitrogen and oxygen atoms in total. The molecule has 1 heterocycles. The molecule has 1 aromatic rings. The lowest BCUT2D eigenvalue weighted by Gasteiger charge is -2.34. The predicted molar refractivity (Wildman–Crippen MR) is 84.3 cm³/mol. The van der Waals surface area contributed by atoms with E-state index in [0.29, 0.717) is 6.42 Å². The summed E-state index contributed by atoms with van der Waals surface area (Å²) in [7, 11) is 1.64. The molecule has 20 heavy (non-hydrogen) atoms. The number of hydrogen-bond acceptors (Lipinski definition) is 3. The van der Waals surface area contributed by atoms with E-state index >= 15 is 0 Å². The lowest BCUT2D eigenvalue weighted by Crippen LogP contribution is -2.49. The van der Waals surface area contributed by atoms with Crippen molar-refractivity contribution in [1.82, 2.24) is 4.90 Å². The molecule has 110 valence electrons. The molecule has 1 saturated heterocycles. The van der Waals surface area contributed by atoms with Gasteiger partial charge < -0.3 is 4.74 Å². The van der Waals surface area contributed by atoms with Gasteiger partial charge in [-0.05, 0) is 73.4 Å². The molecule has 0 atom stereocenters. The summed E-state index contributed by atoms with van der Waals surface area (Å²) in [6, 6.07) is 5.83. The maximum Gasteiger partial charge on any atom is 0.156 e. The van der Waals surface area contributed by atoms with E-state index < -0.39 is 0 Å². The van der Waals surface area contributed by atoms with E-state index in [0.717, 1.165) is 28.9 Å². The molecule has 1 aliphatic heterocycles. The lowest BCUT2D eigenvalue weighted by atomic mass is 9.92. The van der Waals surface area contributed by atoms with Gasteiger partial charge in [0.15, 0.2) is 5.78 Å². The van der Waals surface area contributed by atoms with Gasteiger partial charge in [0.25, 0.3) is 0 Å². The van der Waals surface area contributed by atoms with Crippen molar-refractivity contribution in [3.05, 3.63) is 28.2 Å². The Hall–Kier alpha value is -0.870. The number of hydrogen-bond donors (Lipinski definition) is 0. The van der Waals surface area contributed by atoms with Crippen molar-refractivity contribution in [3.63, 3.8) is 0 Å². The second-order valence-electron chi connectivity index (χ2n) is 5.82. The number of ether oxygens (including phenoxy) is 1. The molecular formula is C16H22BrNO2. The summed E-state index contributed by atoms with van der Waals surface area (Å²) in [6.45, 7) is 6.15. The number of carbonyl (C=O) groups is 1. The number of carbonyl (C=O) groups excluding carboxylic acids is 1. The molecule has 1 aliphatic rings. The van der Waals surface area contributed by atoms with Crippen molar-refractivity contribution in [2.24, 2.45) is 0 Å². The average molecular weight is 340 g/mol. The number of halogens is 1. The fraction of sp³-hybridized carbons (Fsp3) is 0.562. The first kappa shape index (κ1) is 15.5. The van der Waals surface area contributed by atoms with Gasteiger partial charge >= 0.3 is 0 Å². The van der Waals surface area contributed by atoms with Gasteiger partial charge in [-0.15, -0.1) is 0 Å². The minimum Gasteiger partial charge on any atom is -0.496 e. The van der Waals surface area contributed by atoms with Gasteiger partial charge in [-0.2, -0.15) is 0 Å². The van der Waals surface area contributed by atoms with E-state index in [1.54, 1.807) is 7.11 Å². The van der Waals surface area contributed by atoms with E-state index in [4.69, 9.17) is 4.74 Å². The van der Waals surface area contributed by atoms with E-state index in [2.05, 4.69) is 20.8 Å². The zero-order valence-electron chi connectivity index (χ0n) is 12.4. The summed E-state index contributed by atoms with van der Waals surface area (Å²) in [5.74, 6) is 1.07. The fourth-order valence-corrected chi connectivity index (χ4v) is 3.26. The summed E-state index contributed by atoms with van der Waals surface area (Å²) in [6.07, 6.45) is 2.86. The van der Waals surface area contributed by atoms with E-state index in [1.807, 2.05) is 32.0 Å². The molecule has 0 unspecified atom stereocenters. The van der Waals surface area contributed by atoms with Crippen LogP contribution in [0.15, 0.2) is 22.7 Å². The van der Waals surface area contributed by atoms with E-state index in [-0.39, 0.29) is 11.3 Å². The Morgan fingerprint density at radius 3 is 2.55 bits per heavy atom. The quantitative estimate of drug-likeness (QED) is 0.822.